The largest absolute Gasteiger partial charge is 0.309 e. The normalized spacial score (nSPS) is 11.7. The second-order valence-corrected chi connectivity index (χ2v) is 12.8. The van der Waals surface area contributed by atoms with Crippen molar-refractivity contribution < 1.29 is 0 Å². The van der Waals surface area contributed by atoms with Gasteiger partial charge in [-0.1, -0.05) is 129 Å². The molecule has 0 aliphatic carbocycles. The Morgan fingerprint density at radius 3 is 1.44 bits per heavy atom. The van der Waals surface area contributed by atoms with Crippen LogP contribution in [0.2, 0.25) is 0 Å². The molecule has 0 N–H and O–H groups in total. The number of unbranched alkanes of at least 4 members (excludes halogenated alkanes) is 1. The Balaban J connectivity index is 1.22. The number of aryl methyl sites for hydroxylation is 1. The summed E-state index contributed by atoms with van der Waals surface area (Å²) in [7, 11) is 0. The van der Waals surface area contributed by atoms with Gasteiger partial charge in [0.25, 0.3) is 0 Å². The average molecular weight is 617 g/mol. The summed E-state index contributed by atoms with van der Waals surface area (Å²) in [6.45, 7) is 2.25. The lowest BCUT2D eigenvalue weighted by atomic mass is 10.0. The second kappa shape index (κ2) is 11.7. The zero-order valence-corrected chi connectivity index (χ0v) is 27.1. The van der Waals surface area contributed by atoms with E-state index in [1.54, 1.807) is 0 Å². The van der Waals surface area contributed by atoms with Gasteiger partial charge in [0.1, 0.15) is 0 Å². The molecule has 7 aromatic carbocycles. The molecule has 9 aromatic rings. The number of hydrogen-bond acceptors (Lipinski definition) is 0. The Labute approximate surface area is 281 Å². The van der Waals surface area contributed by atoms with E-state index in [0.29, 0.717) is 0 Å². The summed E-state index contributed by atoms with van der Waals surface area (Å²) < 4.78 is 4.86. The summed E-state index contributed by atoms with van der Waals surface area (Å²) in [5.74, 6) is 0. The summed E-state index contributed by atoms with van der Waals surface area (Å²) in [6, 6.07) is 60.1. The molecule has 0 saturated carbocycles. The first kappa shape index (κ1) is 28.4. The van der Waals surface area contributed by atoms with Crippen LogP contribution >= 0.6 is 0 Å². The number of benzene rings is 7. The summed E-state index contributed by atoms with van der Waals surface area (Å²) in [6.07, 6.45) is 3.57. The minimum atomic E-state index is 1.13. The van der Waals surface area contributed by atoms with Crippen LogP contribution in [0, 0.1) is 0 Å². The van der Waals surface area contributed by atoms with Crippen LogP contribution in [0.3, 0.4) is 0 Å². The lowest BCUT2D eigenvalue weighted by Gasteiger charge is -2.11. The number of para-hydroxylation sites is 2. The van der Waals surface area contributed by atoms with Crippen molar-refractivity contribution in [3.63, 3.8) is 0 Å². The molecule has 0 saturated heterocycles. The van der Waals surface area contributed by atoms with E-state index in [4.69, 9.17) is 0 Å². The predicted octanol–water partition coefficient (Wildman–Crippen LogP) is 12.6. The van der Waals surface area contributed by atoms with E-state index in [1.165, 1.54) is 95.6 Å². The van der Waals surface area contributed by atoms with Crippen LogP contribution in [0.15, 0.2) is 164 Å². The van der Waals surface area contributed by atoms with Crippen LogP contribution in [0.5, 0.6) is 0 Å². The zero-order chi connectivity index (χ0) is 32.0. The van der Waals surface area contributed by atoms with Gasteiger partial charge in [0.2, 0.25) is 0 Å². The topological polar surface area (TPSA) is 9.86 Å². The minimum Gasteiger partial charge on any atom is -0.309 e. The van der Waals surface area contributed by atoms with Crippen molar-refractivity contribution in [3.8, 4) is 33.6 Å². The quantitative estimate of drug-likeness (QED) is 0.169. The maximum atomic E-state index is 2.44. The maximum Gasteiger partial charge on any atom is 0.0548 e. The predicted molar refractivity (Wildman–Crippen MR) is 205 cm³/mol. The Kier molecular flexibility index (Phi) is 6.94. The summed E-state index contributed by atoms with van der Waals surface area (Å²) in [5, 5.41) is 5.14. The molecule has 2 aromatic heterocycles. The summed E-state index contributed by atoms with van der Waals surface area (Å²) in [4.78, 5) is 0. The Hall–Kier alpha value is -5.86. The molecular formula is C46H36N2. The molecule has 9 rings (SSSR count). The highest BCUT2D eigenvalue weighted by Gasteiger charge is 2.20. The molecule has 0 atom stereocenters. The molecule has 48 heavy (non-hydrogen) atoms. The summed E-state index contributed by atoms with van der Waals surface area (Å²) >= 11 is 0. The number of rotatable bonds is 7. The summed E-state index contributed by atoms with van der Waals surface area (Å²) in [5.41, 5.74) is 13.6. The first-order valence-corrected chi connectivity index (χ1v) is 17.1. The molecule has 0 unspecified atom stereocenters. The molecule has 0 bridgehead atoms. The van der Waals surface area contributed by atoms with Gasteiger partial charge in [-0.2, -0.15) is 0 Å². The fourth-order valence-electron chi connectivity index (χ4n) is 7.60. The van der Waals surface area contributed by atoms with Crippen LogP contribution < -0.4 is 0 Å². The molecule has 0 radical (unpaired) electrons. The van der Waals surface area contributed by atoms with Gasteiger partial charge in [0, 0.05) is 32.9 Å². The van der Waals surface area contributed by atoms with Crippen molar-refractivity contribution in [3.05, 3.63) is 169 Å². The van der Waals surface area contributed by atoms with E-state index >= 15 is 0 Å². The van der Waals surface area contributed by atoms with Gasteiger partial charge in [0.15, 0.2) is 0 Å². The van der Waals surface area contributed by atoms with Gasteiger partial charge in [-0.15, -0.1) is 0 Å². The first-order chi connectivity index (χ1) is 23.8. The van der Waals surface area contributed by atoms with Crippen molar-refractivity contribution in [1.82, 2.24) is 9.13 Å². The van der Waals surface area contributed by atoms with Crippen LogP contribution in [-0.2, 0) is 6.42 Å². The molecule has 2 heteroatoms. The smallest absolute Gasteiger partial charge is 0.0548 e. The third-order valence-corrected chi connectivity index (χ3v) is 9.91. The standard InChI is InChI=1S/C46H36N2/c1-2-3-12-32-13-11-16-36(31-32)35-23-27-38(28-24-35)48-42-20-10-8-18-40(42)46-44(48)30-29-43-45(46)39-17-7-9-19-41(39)47(43)37-25-21-34(22-26-37)33-14-5-4-6-15-33/h4-11,13-31H,2-3,12H2,1H3. The monoisotopic (exact) mass is 616 g/mol. The van der Waals surface area contributed by atoms with Gasteiger partial charge >= 0.3 is 0 Å². The number of nitrogens with zero attached hydrogens (tertiary/aromatic N) is 2. The first-order valence-electron chi connectivity index (χ1n) is 17.1. The third kappa shape index (κ3) is 4.64. The number of hydrogen-bond donors (Lipinski definition) is 0. The SMILES string of the molecule is CCCCc1cccc(-c2ccc(-n3c4ccccc4c4c5c6ccccc6n(-c6ccc(-c7ccccc7)cc6)c5ccc43)cc2)c1. The van der Waals surface area contributed by atoms with Crippen LogP contribution in [0.1, 0.15) is 25.3 Å². The third-order valence-electron chi connectivity index (χ3n) is 9.91. The molecule has 0 spiro atoms. The van der Waals surface area contributed by atoms with Gasteiger partial charge in [-0.05, 0) is 89.2 Å². The molecule has 0 aliphatic rings. The molecule has 0 fully saturated rings. The number of fused-ring (bicyclic) bond motifs is 7. The van der Waals surface area contributed by atoms with Gasteiger partial charge in [-0.3, -0.25) is 0 Å². The van der Waals surface area contributed by atoms with Gasteiger partial charge < -0.3 is 9.13 Å². The van der Waals surface area contributed by atoms with E-state index in [0.717, 1.165) is 6.42 Å². The fraction of sp³-hybridized carbons (Fsp3) is 0.0870. The molecule has 230 valence electrons. The average Bonchev–Trinajstić information content (AvgIpc) is 3.67. The lowest BCUT2D eigenvalue weighted by molar-refractivity contribution is 0.795. The fourth-order valence-corrected chi connectivity index (χ4v) is 7.60. The van der Waals surface area contributed by atoms with E-state index in [-0.39, 0.29) is 0 Å². The molecule has 0 aliphatic heterocycles. The van der Waals surface area contributed by atoms with E-state index in [1.807, 2.05) is 0 Å². The van der Waals surface area contributed by atoms with Crippen molar-refractivity contribution >= 4 is 43.6 Å². The van der Waals surface area contributed by atoms with Crippen molar-refractivity contribution in [2.24, 2.45) is 0 Å². The Morgan fingerprint density at radius 1 is 0.396 bits per heavy atom. The lowest BCUT2D eigenvalue weighted by Crippen LogP contribution is -1.95. The van der Waals surface area contributed by atoms with Crippen molar-refractivity contribution in [2.45, 2.75) is 26.2 Å². The maximum absolute atomic E-state index is 2.44. The van der Waals surface area contributed by atoms with E-state index < -0.39 is 0 Å². The molecule has 2 nitrogen and oxygen atoms in total. The molecular weight excluding hydrogens is 581 g/mol. The Bertz CT molecular complexity index is 2570. The zero-order valence-electron chi connectivity index (χ0n) is 27.1. The highest BCUT2D eigenvalue weighted by atomic mass is 15.0. The van der Waals surface area contributed by atoms with Gasteiger partial charge in [0.05, 0.1) is 22.1 Å². The van der Waals surface area contributed by atoms with E-state index in [9.17, 15) is 0 Å². The second-order valence-electron chi connectivity index (χ2n) is 12.8. The van der Waals surface area contributed by atoms with Crippen LogP contribution in [0.4, 0.5) is 0 Å². The Morgan fingerprint density at radius 2 is 0.875 bits per heavy atom. The highest BCUT2D eigenvalue weighted by Crippen LogP contribution is 2.42. The van der Waals surface area contributed by atoms with Crippen molar-refractivity contribution in [1.29, 1.82) is 0 Å². The molecule has 2 heterocycles. The van der Waals surface area contributed by atoms with Crippen LogP contribution in [-0.4, -0.2) is 9.13 Å². The number of aromatic nitrogens is 2. The minimum absolute atomic E-state index is 1.13. The van der Waals surface area contributed by atoms with Crippen LogP contribution in [0.25, 0.3) is 77.2 Å². The van der Waals surface area contributed by atoms with Gasteiger partial charge in [-0.25, -0.2) is 0 Å². The van der Waals surface area contributed by atoms with E-state index in [2.05, 4.69) is 180 Å². The molecule has 0 amide bonds. The van der Waals surface area contributed by atoms with Crippen molar-refractivity contribution in [2.75, 3.05) is 0 Å². The highest BCUT2D eigenvalue weighted by molar-refractivity contribution is 6.28.